The van der Waals surface area contributed by atoms with Gasteiger partial charge in [0, 0.05) is 0 Å². The predicted molar refractivity (Wildman–Crippen MR) is 116 cm³/mol. The van der Waals surface area contributed by atoms with Crippen LogP contribution in [0.5, 0.6) is 0 Å². The van der Waals surface area contributed by atoms with E-state index in [1.54, 1.807) is 21.1 Å². The summed E-state index contributed by atoms with van der Waals surface area (Å²) < 4.78 is 4.06. The van der Waals surface area contributed by atoms with E-state index in [0.29, 0.717) is 5.92 Å². The first kappa shape index (κ1) is 19.7. The van der Waals surface area contributed by atoms with Gasteiger partial charge in [-0.05, 0) is 0 Å². The minimum absolute atomic E-state index is 0.698. The van der Waals surface area contributed by atoms with Gasteiger partial charge in [-0.3, -0.25) is 0 Å². The fourth-order valence-corrected chi connectivity index (χ4v) is 8.03. The van der Waals surface area contributed by atoms with Crippen molar-refractivity contribution in [2.75, 3.05) is 0 Å². The van der Waals surface area contributed by atoms with E-state index in [1.165, 1.54) is 48.9 Å². The third-order valence-corrected chi connectivity index (χ3v) is 10.1. The molecule has 1 nitrogen and oxygen atoms in total. The summed E-state index contributed by atoms with van der Waals surface area (Å²) in [5.41, 5.74) is 9.02. The van der Waals surface area contributed by atoms with Crippen molar-refractivity contribution in [3.05, 3.63) is 46.6 Å². The first-order valence-electron chi connectivity index (χ1n) is 10.3. The SMILES string of the molecule is Cc1cc2c(cc1-c1cc(CC(C)C)[c]([Ge]([CH3])([CH3])[CH3])c[n+]1C)CCCC2. The molecule has 0 saturated carbocycles. The van der Waals surface area contributed by atoms with Crippen molar-refractivity contribution in [3.8, 4) is 11.3 Å². The van der Waals surface area contributed by atoms with Gasteiger partial charge in [0.1, 0.15) is 0 Å². The topological polar surface area (TPSA) is 3.88 Å². The van der Waals surface area contributed by atoms with Crippen molar-refractivity contribution < 1.29 is 4.57 Å². The van der Waals surface area contributed by atoms with E-state index >= 15 is 0 Å². The standard InChI is InChI=1S/C24H36GeN/c1-17(2)12-21-15-24(26(7)16-23(21)25(4,5)6)22-14-20-11-9-8-10-19(20)13-18(22)3/h13-17H,8-12H2,1-7H3/q+1. The number of hydrogen-bond donors (Lipinski definition) is 0. The van der Waals surface area contributed by atoms with Crippen molar-refractivity contribution >= 4 is 17.7 Å². The summed E-state index contributed by atoms with van der Waals surface area (Å²) in [6.07, 6.45) is 8.86. The zero-order valence-corrected chi connectivity index (χ0v) is 20.0. The van der Waals surface area contributed by atoms with E-state index in [-0.39, 0.29) is 0 Å². The second kappa shape index (κ2) is 7.50. The van der Waals surface area contributed by atoms with E-state index < -0.39 is 13.3 Å². The fourth-order valence-electron chi connectivity index (χ4n) is 4.43. The number of nitrogens with zero attached hydrogens (tertiary/aromatic N) is 1. The number of aromatic nitrogens is 1. The molecule has 1 aromatic heterocycles. The normalized spacial score (nSPS) is 14.6. The molecule has 0 radical (unpaired) electrons. The van der Waals surface area contributed by atoms with Crippen LogP contribution in [0.2, 0.25) is 17.3 Å². The van der Waals surface area contributed by atoms with Crippen LogP contribution in [-0.2, 0) is 26.3 Å². The monoisotopic (exact) mass is 412 g/mol. The van der Waals surface area contributed by atoms with Gasteiger partial charge in [0.2, 0.25) is 0 Å². The molecule has 1 aliphatic carbocycles. The molecule has 0 unspecified atom stereocenters. The Morgan fingerprint density at radius 2 is 1.62 bits per heavy atom. The summed E-state index contributed by atoms with van der Waals surface area (Å²) in [5, 5.41) is 0. The van der Waals surface area contributed by atoms with Crippen LogP contribution in [0.25, 0.3) is 11.3 Å². The average Bonchev–Trinajstić information content (AvgIpc) is 2.54. The van der Waals surface area contributed by atoms with E-state index in [4.69, 9.17) is 0 Å². The minimum atomic E-state index is -1.89. The van der Waals surface area contributed by atoms with Crippen LogP contribution in [0.15, 0.2) is 24.4 Å². The van der Waals surface area contributed by atoms with E-state index in [1.807, 2.05) is 0 Å². The first-order valence-corrected chi connectivity index (χ1v) is 17.7. The van der Waals surface area contributed by atoms with Crippen molar-refractivity contribution in [2.24, 2.45) is 13.0 Å². The molecule has 1 aliphatic rings. The molecule has 0 bridgehead atoms. The second-order valence-electron chi connectivity index (χ2n) is 9.70. The molecule has 2 aromatic rings. The Morgan fingerprint density at radius 1 is 1.00 bits per heavy atom. The van der Waals surface area contributed by atoms with Crippen LogP contribution in [0.4, 0.5) is 0 Å². The van der Waals surface area contributed by atoms with Crippen LogP contribution < -0.4 is 8.96 Å². The molecule has 26 heavy (non-hydrogen) atoms. The van der Waals surface area contributed by atoms with Crippen molar-refractivity contribution in [2.45, 2.75) is 70.1 Å². The zero-order valence-electron chi connectivity index (χ0n) is 17.9. The molecular formula is C24H36GeN+. The summed E-state index contributed by atoms with van der Waals surface area (Å²) >= 11 is -1.89. The number of benzene rings is 1. The van der Waals surface area contributed by atoms with Crippen LogP contribution >= 0.6 is 0 Å². The molecule has 0 N–H and O–H groups in total. The Labute approximate surface area is 163 Å². The summed E-state index contributed by atoms with van der Waals surface area (Å²) in [6.45, 7) is 6.98. The molecule has 0 spiro atoms. The molecule has 1 heterocycles. The van der Waals surface area contributed by atoms with Gasteiger partial charge in [0.05, 0.1) is 0 Å². The summed E-state index contributed by atoms with van der Waals surface area (Å²) in [5.74, 6) is 8.25. The van der Waals surface area contributed by atoms with Gasteiger partial charge >= 0.3 is 163 Å². The second-order valence-corrected chi connectivity index (χ2v) is 20.3. The third kappa shape index (κ3) is 4.08. The van der Waals surface area contributed by atoms with Crippen molar-refractivity contribution in [1.29, 1.82) is 0 Å². The summed E-state index contributed by atoms with van der Waals surface area (Å²) in [6, 6.07) is 7.47. The van der Waals surface area contributed by atoms with E-state index in [2.05, 4.69) is 74.1 Å². The number of aryl methyl sites for hydroxylation is 4. The van der Waals surface area contributed by atoms with Crippen LogP contribution in [-0.4, -0.2) is 13.3 Å². The van der Waals surface area contributed by atoms with E-state index in [0.717, 1.165) is 0 Å². The van der Waals surface area contributed by atoms with Gasteiger partial charge in [0.25, 0.3) is 0 Å². The molecule has 2 heteroatoms. The predicted octanol–water partition coefficient (Wildman–Crippen LogP) is 5.11. The Balaban J connectivity index is 2.16. The quantitative estimate of drug-likeness (QED) is 0.487. The molecular weight excluding hydrogens is 375 g/mol. The maximum atomic E-state index is 2.52. The van der Waals surface area contributed by atoms with Crippen molar-refractivity contribution in [3.63, 3.8) is 0 Å². The molecule has 3 rings (SSSR count). The first-order chi connectivity index (χ1) is 12.2. The molecule has 0 atom stereocenters. The van der Waals surface area contributed by atoms with E-state index in [9.17, 15) is 0 Å². The Bertz CT molecular complexity index is 812. The molecule has 0 aliphatic heterocycles. The van der Waals surface area contributed by atoms with Gasteiger partial charge < -0.3 is 0 Å². The van der Waals surface area contributed by atoms with Gasteiger partial charge in [0.15, 0.2) is 0 Å². The fraction of sp³-hybridized carbons (Fsp3) is 0.542. The van der Waals surface area contributed by atoms with Gasteiger partial charge in [-0.15, -0.1) is 0 Å². The summed E-state index contributed by atoms with van der Waals surface area (Å²) in [7, 11) is 2.24. The van der Waals surface area contributed by atoms with Crippen LogP contribution in [0.3, 0.4) is 0 Å². The zero-order chi connectivity index (χ0) is 19.1. The Morgan fingerprint density at radius 3 is 2.19 bits per heavy atom. The Kier molecular flexibility index (Phi) is 5.67. The third-order valence-electron chi connectivity index (χ3n) is 5.76. The van der Waals surface area contributed by atoms with Gasteiger partial charge in [-0.25, -0.2) is 0 Å². The van der Waals surface area contributed by atoms with Gasteiger partial charge in [-0.2, -0.15) is 0 Å². The number of rotatable bonds is 4. The number of fused-ring (bicyclic) bond motifs is 1. The number of hydrogen-bond acceptors (Lipinski definition) is 0. The van der Waals surface area contributed by atoms with Crippen molar-refractivity contribution in [1.82, 2.24) is 0 Å². The Hall–Kier alpha value is -1.09. The maximum absolute atomic E-state index is 2.52. The average molecular weight is 411 g/mol. The molecule has 140 valence electrons. The molecule has 0 fully saturated rings. The molecule has 0 saturated heterocycles. The summed E-state index contributed by atoms with van der Waals surface area (Å²) in [4.78, 5) is 0. The molecule has 1 aromatic carbocycles. The van der Waals surface area contributed by atoms with Crippen LogP contribution in [0.1, 0.15) is 48.9 Å². The van der Waals surface area contributed by atoms with Gasteiger partial charge in [-0.1, -0.05) is 0 Å². The van der Waals surface area contributed by atoms with Crippen LogP contribution in [0, 0.1) is 12.8 Å². The number of pyridine rings is 1. The molecule has 0 amide bonds.